The Kier molecular flexibility index (Phi) is 9.45. The molecule has 0 N–H and O–H groups in total. The van der Waals surface area contributed by atoms with Crippen LogP contribution < -0.4 is 16.0 Å². The van der Waals surface area contributed by atoms with Gasteiger partial charge in [-0.05, 0) is 38.5 Å². The summed E-state index contributed by atoms with van der Waals surface area (Å²) < 4.78 is 32.9. The number of esters is 1. The predicted molar refractivity (Wildman–Crippen MR) is 148 cm³/mol. The summed E-state index contributed by atoms with van der Waals surface area (Å²) in [5.74, 6) is -1.03. The van der Waals surface area contributed by atoms with Gasteiger partial charge >= 0.3 is 11.7 Å². The number of halogens is 1. The minimum absolute atomic E-state index is 0.151. The van der Waals surface area contributed by atoms with Crippen molar-refractivity contribution >= 4 is 33.8 Å². The predicted octanol–water partition coefficient (Wildman–Crippen LogP) is 3.12. The maximum Gasteiger partial charge on any atom is 0.333 e. The van der Waals surface area contributed by atoms with Crippen molar-refractivity contribution in [2.24, 2.45) is 0 Å². The SMILES string of the molecule is CCCCOC(=O)C(C)n1c(=O)c2c(C)c(-n3nccn3)sc2n(C[C@H](OCC=O)c2cc(F)ccc2OC)c1=O. The van der Waals surface area contributed by atoms with Gasteiger partial charge in [0.15, 0.2) is 0 Å². The normalized spacial score (nSPS) is 12.8. The molecule has 4 aromatic rings. The number of methoxy groups -OCH3 is 1. The minimum atomic E-state index is -1.24. The van der Waals surface area contributed by atoms with Crippen molar-refractivity contribution in [2.45, 2.75) is 52.3 Å². The van der Waals surface area contributed by atoms with Crippen molar-refractivity contribution in [1.82, 2.24) is 24.1 Å². The zero-order valence-corrected chi connectivity index (χ0v) is 23.9. The number of carbonyl (C=O) groups is 2. The lowest BCUT2D eigenvalue weighted by Gasteiger charge is -2.22. The van der Waals surface area contributed by atoms with E-state index in [4.69, 9.17) is 14.2 Å². The third kappa shape index (κ3) is 5.98. The van der Waals surface area contributed by atoms with E-state index in [9.17, 15) is 23.6 Å². The summed E-state index contributed by atoms with van der Waals surface area (Å²) in [6.07, 6.45) is 3.86. The quantitative estimate of drug-likeness (QED) is 0.131. The Labute approximate surface area is 237 Å². The summed E-state index contributed by atoms with van der Waals surface area (Å²) in [6, 6.07) is 2.57. The molecular weight excluding hydrogens is 557 g/mol. The van der Waals surface area contributed by atoms with Gasteiger partial charge in [0.05, 0.1) is 38.0 Å². The van der Waals surface area contributed by atoms with Gasteiger partial charge < -0.3 is 19.0 Å². The first-order valence-electron chi connectivity index (χ1n) is 12.9. The largest absolute Gasteiger partial charge is 0.496 e. The molecule has 14 heteroatoms. The first kappa shape index (κ1) is 29.8. The maximum atomic E-state index is 14.3. The van der Waals surface area contributed by atoms with Gasteiger partial charge in [0.25, 0.3) is 5.56 Å². The fraction of sp³-hybridized carbons (Fsp3) is 0.407. The Bertz CT molecular complexity index is 1660. The average molecular weight is 588 g/mol. The second kappa shape index (κ2) is 13.0. The number of aromatic nitrogens is 5. The topological polar surface area (TPSA) is 137 Å². The van der Waals surface area contributed by atoms with Gasteiger partial charge in [-0.15, -0.1) is 4.80 Å². The molecule has 1 unspecified atom stereocenters. The molecule has 3 aromatic heterocycles. The molecule has 0 saturated carbocycles. The number of ether oxygens (including phenoxy) is 3. The number of thiophene rings is 1. The Morgan fingerprint density at radius 2 is 1.95 bits per heavy atom. The smallest absolute Gasteiger partial charge is 0.333 e. The van der Waals surface area contributed by atoms with Gasteiger partial charge in [-0.1, -0.05) is 24.7 Å². The Morgan fingerprint density at radius 1 is 1.22 bits per heavy atom. The van der Waals surface area contributed by atoms with Crippen molar-refractivity contribution in [1.29, 1.82) is 0 Å². The number of hydrogen-bond donors (Lipinski definition) is 0. The highest BCUT2D eigenvalue weighted by molar-refractivity contribution is 7.21. The third-order valence-electron chi connectivity index (χ3n) is 6.54. The molecule has 12 nitrogen and oxygen atoms in total. The van der Waals surface area contributed by atoms with Crippen LogP contribution in [-0.2, 0) is 25.6 Å². The van der Waals surface area contributed by atoms with E-state index in [1.54, 1.807) is 6.92 Å². The number of hydrogen-bond acceptors (Lipinski definition) is 10. The molecule has 3 heterocycles. The highest BCUT2D eigenvalue weighted by Crippen LogP contribution is 2.34. The molecule has 0 aliphatic heterocycles. The van der Waals surface area contributed by atoms with Crippen LogP contribution in [0.3, 0.4) is 0 Å². The molecule has 0 bridgehead atoms. The standard InChI is InChI=1S/C27H30FN5O7S/c1-5-6-12-40-26(36)17(3)32-23(35)22-16(2)24(33-29-9-10-30-33)41-25(22)31(27(32)37)15-21(39-13-11-34)19-14-18(28)7-8-20(19)38-4/h7-11,14,17,21H,5-6,12-13,15H2,1-4H3/t17?,21-/m0/s1. The number of fused-ring (bicyclic) bond motifs is 1. The molecule has 1 aromatic carbocycles. The van der Waals surface area contributed by atoms with E-state index in [-0.39, 0.29) is 41.3 Å². The Balaban J connectivity index is 1.96. The molecule has 0 spiro atoms. The highest BCUT2D eigenvalue weighted by Gasteiger charge is 2.29. The van der Waals surface area contributed by atoms with E-state index >= 15 is 0 Å². The Hall–Kier alpha value is -4.17. The second-order valence-electron chi connectivity index (χ2n) is 9.17. The average Bonchev–Trinajstić information content (AvgIpc) is 3.61. The first-order valence-corrected chi connectivity index (χ1v) is 13.7. The van der Waals surface area contributed by atoms with Gasteiger partial charge in [-0.3, -0.25) is 9.36 Å². The van der Waals surface area contributed by atoms with E-state index in [0.717, 1.165) is 22.3 Å². The van der Waals surface area contributed by atoms with Crippen LogP contribution in [0, 0.1) is 12.7 Å². The van der Waals surface area contributed by atoms with Crippen LogP contribution >= 0.6 is 11.3 Å². The molecule has 0 radical (unpaired) electrons. The minimum Gasteiger partial charge on any atom is -0.496 e. The zero-order valence-electron chi connectivity index (χ0n) is 23.0. The molecule has 0 fully saturated rings. The van der Waals surface area contributed by atoms with Crippen molar-refractivity contribution in [2.75, 3.05) is 20.3 Å². The van der Waals surface area contributed by atoms with E-state index in [1.807, 2.05) is 6.92 Å². The van der Waals surface area contributed by atoms with E-state index in [0.29, 0.717) is 23.3 Å². The number of carbonyl (C=O) groups excluding carboxylic acids is 2. The van der Waals surface area contributed by atoms with Crippen LogP contribution in [-0.4, -0.2) is 56.7 Å². The van der Waals surface area contributed by atoms with Gasteiger partial charge in [0.1, 0.15) is 46.4 Å². The van der Waals surface area contributed by atoms with Gasteiger partial charge in [0, 0.05) is 11.1 Å². The third-order valence-corrected chi connectivity index (χ3v) is 7.82. The van der Waals surface area contributed by atoms with Gasteiger partial charge in [0.2, 0.25) is 0 Å². The summed E-state index contributed by atoms with van der Waals surface area (Å²) in [7, 11) is 1.40. The molecule has 4 rings (SSSR count). The number of aryl methyl sites for hydroxylation is 1. The Morgan fingerprint density at radius 3 is 2.61 bits per heavy atom. The zero-order chi connectivity index (χ0) is 29.7. The molecule has 41 heavy (non-hydrogen) atoms. The van der Waals surface area contributed by atoms with Crippen LogP contribution in [0.2, 0.25) is 0 Å². The monoisotopic (exact) mass is 587 g/mol. The summed E-state index contributed by atoms with van der Waals surface area (Å²) in [5.41, 5.74) is -0.740. The van der Waals surface area contributed by atoms with Crippen molar-refractivity contribution in [3.8, 4) is 10.8 Å². The van der Waals surface area contributed by atoms with Crippen LogP contribution in [0.25, 0.3) is 15.2 Å². The molecule has 0 saturated heterocycles. The molecular formula is C27H30FN5O7S. The lowest BCUT2D eigenvalue weighted by atomic mass is 10.1. The fourth-order valence-corrected chi connectivity index (χ4v) is 5.65. The number of benzene rings is 1. The molecule has 2 atom stereocenters. The first-order chi connectivity index (χ1) is 19.7. The summed E-state index contributed by atoms with van der Waals surface area (Å²) in [4.78, 5) is 53.5. The van der Waals surface area contributed by atoms with Crippen LogP contribution in [0.4, 0.5) is 4.39 Å². The molecule has 0 amide bonds. The lowest BCUT2D eigenvalue weighted by molar-refractivity contribution is -0.147. The second-order valence-corrected chi connectivity index (χ2v) is 10.1. The molecule has 0 aliphatic rings. The van der Waals surface area contributed by atoms with Crippen LogP contribution in [0.15, 0.2) is 40.2 Å². The summed E-state index contributed by atoms with van der Waals surface area (Å²) in [6.45, 7) is 4.61. The van der Waals surface area contributed by atoms with Crippen molar-refractivity contribution in [3.05, 3.63) is 68.4 Å². The van der Waals surface area contributed by atoms with Crippen molar-refractivity contribution < 1.29 is 28.2 Å². The number of unbranched alkanes of at least 4 members (excludes halogenated alkanes) is 1. The number of rotatable bonds is 13. The fourth-order valence-electron chi connectivity index (χ4n) is 4.43. The van der Waals surface area contributed by atoms with E-state index in [1.165, 1.54) is 54.0 Å². The summed E-state index contributed by atoms with van der Waals surface area (Å²) >= 11 is 1.10. The molecule has 0 aliphatic carbocycles. The number of nitrogens with zero attached hydrogens (tertiary/aromatic N) is 5. The van der Waals surface area contributed by atoms with Crippen molar-refractivity contribution in [3.63, 3.8) is 0 Å². The van der Waals surface area contributed by atoms with E-state index in [2.05, 4.69) is 10.2 Å². The van der Waals surface area contributed by atoms with Crippen LogP contribution in [0.5, 0.6) is 5.75 Å². The van der Waals surface area contributed by atoms with Gasteiger partial charge in [-0.25, -0.2) is 18.5 Å². The highest BCUT2D eigenvalue weighted by atomic mass is 32.1. The van der Waals surface area contributed by atoms with Gasteiger partial charge in [-0.2, -0.15) is 10.2 Å². The summed E-state index contributed by atoms with van der Waals surface area (Å²) in [5, 5.41) is 8.98. The lowest BCUT2D eigenvalue weighted by Crippen LogP contribution is -2.44. The molecule has 218 valence electrons. The van der Waals surface area contributed by atoms with E-state index < -0.39 is 35.2 Å². The number of aldehydes is 1. The maximum absolute atomic E-state index is 14.3. The van der Waals surface area contributed by atoms with Crippen LogP contribution in [0.1, 0.15) is 50.0 Å².